The van der Waals surface area contributed by atoms with Crippen LogP contribution in [0.4, 0.5) is 0 Å². The van der Waals surface area contributed by atoms with E-state index in [9.17, 15) is 19.8 Å². The third kappa shape index (κ3) is 8.72. The van der Waals surface area contributed by atoms with Crippen LogP contribution in [-0.2, 0) is 0 Å². The minimum atomic E-state index is -1.13. The van der Waals surface area contributed by atoms with E-state index in [1.165, 1.54) is 24.3 Å². The molecule has 4 nitrogen and oxygen atoms in total. The van der Waals surface area contributed by atoms with Crippen molar-refractivity contribution in [1.29, 1.82) is 0 Å². The van der Waals surface area contributed by atoms with Gasteiger partial charge in [-0.15, -0.1) is 0 Å². The van der Waals surface area contributed by atoms with Gasteiger partial charge in [0.1, 0.15) is 0 Å². The van der Waals surface area contributed by atoms with Crippen molar-refractivity contribution in [2.24, 2.45) is 0 Å². The van der Waals surface area contributed by atoms with Crippen LogP contribution in [0, 0.1) is 0 Å². The van der Waals surface area contributed by atoms with Crippen molar-refractivity contribution in [2.45, 2.75) is 0 Å². The van der Waals surface area contributed by atoms with Gasteiger partial charge in [0.2, 0.25) is 0 Å². The van der Waals surface area contributed by atoms with Crippen molar-refractivity contribution in [2.75, 3.05) is 0 Å². The van der Waals surface area contributed by atoms with E-state index in [2.05, 4.69) is 0 Å². The van der Waals surface area contributed by atoms with Crippen LogP contribution in [0.1, 0.15) is 20.7 Å². The summed E-state index contributed by atoms with van der Waals surface area (Å²) in [4.78, 5) is 20.2. The van der Waals surface area contributed by atoms with Crippen molar-refractivity contribution >= 4 is 11.9 Å². The second kappa shape index (κ2) is 12.4. The van der Waals surface area contributed by atoms with E-state index >= 15 is 0 Å². The Morgan fingerprint density at radius 1 is 0.650 bits per heavy atom. The van der Waals surface area contributed by atoms with E-state index in [0.717, 1.165) is 0 Å². The van der Waals surface area contributed by atoms with E-state index in [1.807, 2.05) is 0 Å². The number of hydrogen-bond acceptors (Lipinski definition) is 4. The molecule has 0 amide bonds. The Kier molecular flexibility index (Phi) is 13.5. The van der Waals surface area contributed by atoms with Crippen molar-refractivity contribution in [1.82, 2.24) is 0 Å². The maximum Gasteiger partial charge on any atom is 1.00 e. The predicted octanol–water partition coefficient (Wildman–Crippen LogP) is -5.89. The summed E-state index contributed by atoms with van der Waals surface area (Å²) in [6.07, 6.45) is 0. The summed E-state index contributed by atoms with van der Waals surface area (Å²) < 4.78 is 0. The summed E-state index contributed by atoms with van der Waals surface area (Å²) >= 11 is 0. The molecule has 0 atom stereocenters. The van der Waals surface area contributed by atoms with Crippen LogP contribution in [0.3, 0.4) is 0 Å². The summed E-state index contributed by atoms with van der Waals surface area (Å²) in [6, 6.07) is 16.1. The first kappa shape index (κ1) is 21.9. The number of carboxylic acids is 2. The SMILES string of the molecule is O=C([O-])c1ccccc1.O=C([O-])c1ccccc1.[K+].[Li+]. The molecule has 0 bridgehead atoms. The second-order valence-electron chi connectivity index (χ2n) is 3.31. The van der Waals surface area contributed by atoms with Crippen LogP contribution in [-0.4, -0.2) is 11.9 Å². The summed E-state index contributed by atoms with van der Waals surface area (Å²) in [5.41, 5.74) is 0.440. The molecule has 92 valence electrons. The van der Waals surface area contributed by atoms with Gasteiger partial charge in [-0.25, -0.2) is 0 Å². The number of hydrogen-bond donors (Lipinski definition) is 0. The number of carboxylic acid groups (broad SMARTS) is 2. The van der Waals surface area contributed by atoms with E-state index in [0.29, 0.717) is 0 Å². The first-order chi connectivity index (χ1) is 8.61. The zero-order valence-electron chi connectivity index (χ0n) is 11.4. The molecule has 2 aromatic rings. The Bertz CT molecular complexity index is 468. The number of benzene rings is 2. The maximum absolute atomic E-state index is 10.1. The fraction of sp³-hybridized carbons (Fsp3) is 0. The van der Waals surface area contributed by atoms with Crippen LogP contribution in [0.15, 0.2) is 60.7 Å². The normalized spacial score (nSPS) is 8.00. The van der Waals surface area contributed by atoms with Crippen LogP contribution in [0.2, 0.25) is 0 Å². The van der Waals surface area contributed by atoms with Gasteiger partial charge in [0.15, 0.2) is 0 Å². The molecule has 0 aliphatic rings. The molecular formula is C14H10KLiO4. The monoisotopic (exact) mass is 288 g/mol. The number of rotatable bonds is 2. The van der Waals surface area contributed by atoms with Crippen molar-refractivity contribution in [3.05, 3.63) is 71.8 Å². The van der Waals surface area contributed by atoms with Gasteiger partial charge in [-0.05, 0) is 11.1 Å². The van der Waals surface area contributed by atoms with Gasteiger partial charge in [-0.2, -0.15) is 0 Å². The second-order valence-corrected chi connectivity index (χ2v) is 3.31. The molecule has 6 heteroatoms. The van der Waals surface area contributed by atoms with E-state index < -0.39 is 11.9 Å². The molecule has 20 heavy (non-hydrogen) atoms. The first-order valence-corrected chi connectivity index (χ1v) is 5.14. The molecule has 0 aromatic heterocycles. The van der Waals surface area contributed by atoms with Crippen molar-refractivity contribution in [3.8, 4) is 0 Å². The van der Waals surface area contributed by atoms with Crippen LogP contribution >= 0.6 is 0 Å². The summed E-state index contributed by atoms with van der Waals surface area (Å²) in [6.45, 7) is 0. The van der Waals surface area contributed by atoms with Gasteiger partial charge < -0.3 is 19.8 Å². The Labute approximate surface area is 171 Å². The van der Waals surface area contributed by atoms with Gasteiger partial charge >= 0.3 is 70.2 Å². The Morgan fingerprint density at radius 3 is 1.05 bits per heavy atom. The molecule has 0 unspecified atom stereocenters. The molecule has 0 fully saturated rings. The fourth-order valence-corrected chi connectivity index (χ4v) is 1.15. The smallest absolute Gasteiger partial charge is 0.545 e. The van der Waals surface area contributed by atoms with Crippen LogP contribution < -0.4 is 80.5 Å². The standard InChI is InChI=1S/2C7H6O2.K.Li/c2*8-7(9)6-4-2-1-3-5-6;;/h2*1-5H,(H,8,9);;/q;;2*+1/p-2. The van der Waals surface area contributed by atoms with Gasteiger partial charge in [0.05, 0.1) is 11.9 Å². The largest absolute Gasteiger partial charge is 1.00 e. The minimum Gasteiger partial charge on any atom is -0.545 e. The summed E-state index contributed by atoms with van der Waals surface area (Å²) in [5, 5.41) is 20.2. The molecule has 0 heterocycles. The average Bonchev–Trinajstić information content (AvgIpc) is 2.41. The minimum absolute atomic E-state index is 0. The number of carbonyl (C=O) groups is 2. The van der Waals surface area contributed by atoms with E-state index in [4.69, 9.17) is 0 Å². The first-order valence-electron chi connectivity index (χ1n) is 5.14. The molecule has 0 aliphatic heterocycles. The Balaban J connectivity index is 0. The maximum atomic E-state index is 10.1. The molecule has 0 saturated heterocycles. The van der Waals surface area contributed by atoms with Gasteiger partial charge in [-0.3, -0.25) is 0 Å². The van der Waals surface area contributed by atoms with E-state index in [1.54, 1.807) is 36.4 Å². The number of aromatic carboxylic acids is 2. The van der Waals surface area contributed by atoms with Crippen LogP contribution in [0.5, 0.6) is 0 Å². The van der Waals surface area contributed by atoms with Crippen molar-refractivity contribution < 1.29 is 90.0 Å². The molecule has 0 saturated carbocycles. The summed E-state index contributed by atoms with van der Waals surface area (Å²) in [5.74, 6) is -2.26. The number of carbonyl (C=O) groups excluding carboxylic acids is 2. The van der Waals surface area contributed by atoms with Gasteiger partial charge in [-0.1, -0.05) is 60.7 Å². The van der Waals surface area contributed by atoms with Gasteiger partial charge in [0.25, 0.3) is 0 Å². The Hall–Kier alpha value is -0.386. The summed E-state index contributed by atoms with van der Waals surface area (Å²) in [7, 11) is 0. The fourth-order valence-electron chi connectivity index (χ4n) is 1.15. The zero-order chi connectivity index (χ0) is 13.4. The van der Waals surface area contributed by atoms with Crippen molar-refractivity contribution in [3.63, 3.8) is 0 Å². The quantitative estimate of drug-likeness (QED) is 0.516. The third-order valence-corrected chi connectivity index (χ3v) is 2.02. The Morgan fingerprint density at radius 2 is 0.900 bits per heavy atom. The molecule has 0 aliphatic carbocycles. The molecule has 0 N–H and O–H groups in total. The predicted molar refractivity (Wildman–Crippen MR) is 61.5 cm³/mol. The molecule has 0 spiro atoms. The van der Waals surface area contributed by atoms with Gasteiger partial charge in [0, 0.05) is 0 Å². The van der Waals surface area contributed by atoms with Crippen LogP contribution in [0.25, 0.3) is 0 Å². The van der Waals surface area contributed by atoms with E-state index in [-0.39, 0.29) is 81.4 Å². The average molecular weight is 288 g/mol. The third-order valence-electron chi connectivity index (χ3n) is 2.02. The molecule has 2 rings (SSSR count). The molecule has 0 radical (unpaired) electrons. The molecule has 2 aromatic carbocycles. The zero-order valence-corrected chi connectivity index (χ0v) is 14.5. The molecular weight excluding hydrogens is 278 g/mol. The topological polar surface area (TPSA) is 80.3 Å².